The first kappa shape index (κ1) is 13.0. The maximum atomic E-state index is 11.4. The standard InChI is InChI=1S/C10H12ClNO3S/c1-2-16(14,15)7-10(12-13)8-4-3-5-9(11)6-8/h3-6,13H,2,7H2,1H3/b12-10+. The van der Waals surface area contributed by atoms with Crippen molar-refractivity contribution in [1.29, 1.82) is 0 Å². The average Bonchev–Trinajstić information content (AvgIpc) is 2.26. The number of halogens is 1. The molecule has 16 heavy (non-hydrogen) atoms. The van der Waals surface area contributed by atoms with E-state index in [1.165, 1.54) is 0 Å². The van der Waals surface area contributed by atoms with Crippen LogP contribution in [0.15, 0.2) is 29.4 Å². The fourth-order valence-electron chi connectivity index (χ4n) is 1.15. The van der Waals surface area contributed by atoms with Crippen LogP contribution in [0.5, 0.6) is 0 Å². The molecule has 0 aliphatic heterocycles. The molecule has 1 aromatic carbocycles. The predicted molar refractivity (Wildman–Crippen MR) is 64.1 cm³/mol. The van der Waals surface area contributed by atoms with Gasteiger partial charge in [0.15, 0.2) is 9.84 Å². The molecule has 0 atom stereocenters. The Morgan fingerprint density at radius 3 is 2.69 bits per heavy atom. The molecule has 0 saturated heterocycles. The van der Waals surface area contributed by atoms with E-state index in [-0.39, 0.29) is 17.2 Å². The Morgan fingerprint density at radius 1 is 1.50 bits per heavy atom. The maximum absolute atomic E-state index is 11.4. The van der Waals surface area contributed by atoms with Gasteiger partial charge in [0, 0.05) is 16.3 Å². The smallest absolute Gasteiger partial charge is 0.155 e. The highest BCUT2D eigenvalue weighted by Crippen LogP contribution is 2.12. The Labute approximate surface area is 99.5 Å². The third kappa shape index (κ3) is 3.50. The third-order valence-electron chi connectivity index (χ3n) is 2.08. The number of hydrogen-bond acceptors (Lipinski definition) is 4. The van der Waals surface area contributed by atoms with Crippen molar-refractivity contribution >= 4 is 27.1 Å². The zero-order valence-corrected chi connectivity index (χ0v) is 10.3. The first-order valence-electron chi connectivity index (χ1n) is 4.66. The molecule has 1 N–H and O–H groups in total. The molecule has 0 heterocycles. The van der Waals surface area contributed by atoms with Crippen LogP contribution in [0, 0.1) is 0 Å². The molecule has 4 nitrogen and oxygen atoms in total. The summed E-state index contributed by atoms with van der Waals surface area (Å²) in [5.41, 5.74) is 0.608. The second-order valence-electron chi connectivity index (χ2n) is 3.23. The lowest BCUT2D eigenvalue weighted by atomic mass is 10.1. The summed E-state index contributed by atoms with van der Waals surface area (Å²) in [5, 5.41) is 12.3. The van der Waals surface area contributed by atoms with Gasteiger partial charge in [0.1, 0.15) is 5.71 Å². The summed E-state index contributed by atoms with van der Waals surface area (Å²) in [6.45, 7) is 1.54. The molecule has 88 valence electrons. The van der Waals surface area contributed by atoms with E-state index < -0.39 is 9.84 Å². The number of sulfone groups is 1. The summed E-state index contributed by atoms with van der Waals surface area (Å²) in [6.07, 6.45) is 0. The average molecular weight is 262 g/mol. The Balaban J connectivity index is 3.02. The van der Waals surface area contributed by atoms with Crippen molar-refractivity contribution in [3.05, 3.63) is 34.9 Å². The Morgan fingerprint density at radius 2 is 2.19 bits per heavy atom. The van der Waals surface area contributed by atoms with Crippen LogP contribution < -0.4 is 0 Å². The topological polar surface area (TPSA) is 66.7 Å². The van der Waals surface area contributed by atoms with E-state index in [4.69, 9.17) is 16.8 Å². The van der Waals surface area contributed by atoms with Crippen LogP contribution >= 0.6 is 11.6 Å². The van der Waals surface area contributed by atoms with Gasteiger partial charge in [-0.2, -0.15) is 0 Å². The minimum absolute atomic E-state index is 0.00653. The molecular formula is C10H12ClNO3S. The van der Waals surface area contributed by atoms with Crippen molar-refractivity contribution in [2.24, 2.45) is 5.16 Å². The molecule has 0 amide bonds. The molecule has 0 fully saturated rings. The largest absolute Gasteiger partial charge is 0.411 e. The van der Waals surface area contributed by atoms with Gasteiger partial charge < -0.3 is 5.21 Å². The molecule has 0 bridgehead atoms. The summed E-state index contributed by atoms with van der Waals surface area (Å²) < 4.78 is 22.8. The van der Waals surface area contributed by atoms with E-state index in [2.05, 4.69) is 5.16 Å². The minimum atomic E-state index is -3.23. The number of rotatable bonds is 4. The van der Waals surface area contributed by atoms with E-state index in [1.54, 1.807) is 31.2 Å². The van der Waals surface area contributed by atoms with Gasteiger partial charge in [-0.1, -0.05) is 35.8 Å². The summed E-state index contributed by atoms with van der Waals surface area (Å²) in [4.78, 5) is 0. The predicted octanol–water partition coefficient (Wildman–Crippen LogP) is 1.95. The van der Waals surface area contributed by atoms with Crippen molar-refractivity contribution < 1.29 is 13.6 Å². The Kier molecular flexibility index (Phi) is 4.32. The van der Waals surface area contributed by atoms with E-state index in [9.17, 15) is 8.42 Å². The molecule has 0 aliphatic carbocycles. The van der Waals surface area contributed by atoms with E-state index in [1.807, 2.05) is 0 Å². The number of benzene rings is 1. The van der Waals surface area contributed by atoms with Crippen molar-refractivity contribution in [3.8, 4) is 0 Å². The van der Waals surface area contributed by atoms with E-state index in [0.29, 0.717) is 10.6 Å². The lowest BCUT2D eigenvalue weighted by molar-refractivity contribution is 0.319. The van der Waals surface area contributed by atoms with Gasteiger partial charge in [-0.05, 0) is 12.1 Å². The molecule has 0 aromatic heterocycles. The third-order valence-corrected chi connectivity index (χ3v) is 3.90. The Bertz CT molecular complexity index is 497. The quantitative estimate of drug-likeness (QED) is 0.512. The fraction of sp³-hybridized carbons (Fsp3) is 0.300. The highest BCUT2D eigenvalue weighted by molar-refractivity contribution is 7.92. The highest BCUT2D eigenvalue weighted by atomic mass is 35.5. The molecule has 0 spiro atoms. The Hall–Kier alpha value is -1.07. The van der Waals surface area contributed by atoms with Gasteiger partial charge in [-0.3, -0.25) is 0 Å². The first-order valence-corrected chi connectivity index (χ1v) is 6.85. The highest BCUT2D eigenvalue weighted by Gasteiger charge is 2.15. The SMILES string of the molecule is CCS(=O)(=O)C/C(=N\O)c1cccc(Cl)c1. The summed E-state index contributed by atoms with van der Waals surface area (Å²) in [5.74, 6) is -0.285. The van der Waals surface area contributed by atoms with Crippen molar-refractivity contribution in [1.82, 2.24) is 0 Å². The van der Waals surface area contributed by atoms with Crippen molar-refractivity contribution in [3.63, 3.8) is 0 Å². The van der Waals surface area contributed by atoms with Crippen molar-refractivity contribution in [2.45, 2.75) is 6.92 Å². The number of oxime groups is 1. The second-order valence-corrected chi connectivity index (χ2v) is 6.02. The monoisotopic (exact) mass is 261 g/mol. The van der Waals surface area contributed by atoms with Gasteiger partial charge in [0.2, 0.25) is 0 Å². The minimum Gasteiger partial charge on any atom is -0.411 e. The van der Waals surface area contributed by atoms with Crippen LogP contribution in [0.4, 0.5) is 0 Å². The van der Waals surface area contributed by atoms with Gasteiger partial charge in [-0.25, -0.2) is 8.42 Å². The molecular weight excluding hydrogens is 250 g/mol. The fourth-order valence-corrected chi connectivity index (χ4v) is 2.18. The normalized spacial score (nSPS) is 12.8. The van der Waals surface area contributed by atoms with Gasteiger partial charge in [-0.15, -0.1) is 0 Å². The van der Waals surface area contributed by atoms with Gasteiger partial charge >= 0.3 is 0 Å². The van der Waals surface area contributed by atoms with Crippen molar-refractivity contribution in [2.75, 3.05) is 11.5 Å². The maximum Gasteiger partial charge on any atom is 0.155 e. The van der Waals surface area contributed by atoms with E-state index >= 15 is 0 Å². The zero-order chi connectivity index (χ0) is 12.2. The molecule has 1 aromatic rings. The molecule has 0 radical (unpaired) electrons. The van der Waals surface area contributed by atoms with Gasteiger partial charge in [0.05, 0.1) is 5.75 Å². The van der Waals surface area contributed by atoms with Crippen LogP contribution in [0.25, 0.3) is 0 Å². The summed E-state index contributed by atoms with van der Waals surface area (Å²) in [6, 6.07) is 6.53. The van der Waals surface area contributed by atoms with Crippen LogP contribution in [-0.4, -0.2) is 30.8 Å². The van der Waals surface area contributed by atoms with Crippen LogP contribution in [0.2, 0.25) is 5.02 Å². The molecule has 0 saturated carbocycles. The van der Waals surface area contributed by atoms with E-state index in [0.717, 1.165) is 0 Å². The summed E-state index contributed by atoms with van der Waals surface area (Å²) in [7, 11) is -3.23. The van der Waals surface area contributed by atoms with Crippen LogP contribution in [0.3, 0.4) is 0 Å². The number of nitrogens with zero attached hydrogens (tertiary/aromatic N) is 1. The van der Waals surface area contributed by atoms with Crippen LogP contribution in [0.1, 0.15) is 12.5 Å². The molecule has 1 rings (SSSR count). The molecule has 0 aliphatic rings. The zero-order valence-electron chi connectivity index (χ0n) is 8.72. The van der Waals surface area contributed by atoms with Crippen LogP contribution in [-0.2, 0) is 9.84 Å². The number of hydrogen-bond donors (Lipinski definition) is 1. The summed E-state index contributed by atoms with van der Waals surface area (Å²) >= 11 is 5.76. The first-order chi connectivity index (χ1) is 7.48. The molecule has 0 unspecified atom stereocenters. The second kappa shape index (κ2) is 5.32. The molecule has 6 heteroatoms. The lowest BCUT2D eigenvalue weighted by Crippen LogP contribution is -2.18. The van der Waals surface area contributed by atoms with Gasteiger partial charge in [0.25, 0.3) is 0 Å². The lowest BCUT2D eigenvalue weighted by Gasteiger charge is -2.05.